The van der Waals surface area contributed by atoms with E-state index in [0.717, 1.165) is 25.7 Å². The predicted octanol–water partition coefficient (Wildman–Crippen LogP) is 1.82. The van der Waals surface area contributed by atoms with Gasteiger partial charge in [0.25, 0.3) is 0 Å². The SMILES string of the molecule is C[C@]12CCC(=O)C=C1CC[C@@H]1[C@@H]2[C@H](O)CC[C@@H]1O. The van der Waals surface area contributed by atoms with E-state index in [0.29, 0.717) is 12.8 Å². The summed E-state index contributed by atoms with van der Waals surface area (Å²) in [6.45, 7) is 2.18. The number of carbonyl (C=O) groups excluding carboxylic acids is 1. The molecule has 2 N–H and O–H groups in total. The van der Waals surface area contributed by atoms with Crippen molar-refractivity contribution in [3.63, 3.8) is 0 Å². The van der Waals surface area contributed by atoms with Gasteiger partial charge < -0.3 is 10.2 Å². The van der Waals surface area contributed by atoms with Crippen molar-refractivity contribution in [2.24, 2.45) is 17.3 Å². The number of hydrogen-bond acceptors (Lipinski definition) is 3. The van der Waals surface area contributed by atoms with Crippen molar-refractivity contribution >= 4 is 5.78 Å². The first kappa shape index (κ1) is 12.4. The van der Waals surface area contributed by atoms with Crippen molar-refractivity contribution in [3.8, 4) is 0 Å². The van der Waals surface area contributed by atoms with Crippen LogP contribution in [0.2, 0.25) is 0 Å². The maximum absolute atomic E-state index is 11.6. The Labute approximate surface area is 108 Å². The van der Waals surface area contributed by atoms with Crippen molar-refractivity contribution in [1.82, 2.24) is 0 Å². The number of ketones is 1. The molecule has 2 fully saturated rings. The van der Waals surface area contributed by atoms with Crippen molar-refractivity contribution in [3.05, 3.63) is 11.6 Å². The van der Waals surface area contributed by atoms with Crippen LogP contribution in [0.5, 0.6) is 0 Å². The molecule has 0 aromatic heterocycles. The first-order valence-electron chi connectivity index (χ1n) is 7.12. The molecule has 0 heterocycles. The lowest BCUT2D eigenvalue weighted by atomic mass is 9.52. The molecule has 0 amide bonds. The largest absolute Gasteiger partial charge is 0.393 e. The maximum Gasteiger partial charge on any atom is 0.155 e. The van der Waals surface area contributed by atoms with Crippen molar-refractivity contribution in [2.45, 2.75) is 57.7 Å². The van der Waals surface area contributed by atoms with Gasteiger partial charge in [-0.05, 0) is 55.4 Å². The number of allylic oxidation sites excluding steroid dienone is 2. The van der Waals surface area contributed by atoms with Gasteiger partial charge in [-0.3, -0.25) is 4.79 Å². The highest BCUT2D eigenvalue weighted by molar-refractivity contribution is 5.91. The fraction of sp³-hybridized carbons (Fsp3) is 0.800. The van der Waals surface area contributed by atoms with E-state index in [4.69, 9.17) is 0 Å². The van der Waals surface area contributed by atoms with E-state index in [1.165, 1.54) is 5.57 Å². The van der Waals surface area contributed by atoms with E-state index in [9.17, 15) is 15.0 Å². The first-order valence-corrected chi connectivity index (χ1v) is 7.12. The molecule has 100 valence electrons. The summed E-state index contributed by atoms with van der Waals surface area (Å²) < 4.78 is 0. The molecule has 0 aliphatic heterocycles. The van der Waals surface area contributed by atoms with Crippen LogP contribution in [-0.2, 0) is 4.79 Å². The summed E-state index contributed by atoms with van der Waals surface area (Å²) in [5.41, 5.74) is 1.14. The standard InChI is InChI=1S/C15H22O3/c1-15-7-6-10(16)8-9(15)2-3-11-12(17)4-5-13(18)14(11)15/h8,11-14,17-18H,2-7H2,1H3/t11-,12-,13+,14+,15-/m0/s1. The molecule has 0 saturated heterocycles. The molecular formula is C15H22O3. The Kier molecular flexibility index (Phi) is 2.87. The normalized spacial score (nSPS) is 48.2. The number of hydrogen-bond donors (Lipinski definition) is 2. The van der Waals surface area contributed by atoms with Crippen LogP contribution in [0.3, 0.4) is 0 Å². The number of carbonyl (C=O) groups is 1. The molecule has 3 aliphatic rings. The van der Waals surface area contributed by atoms with Gasteiger partial charge >= 0.3 is 0 Å². The molecule has 3 heteroatoms. The molecule has 0 spiro atoms. The third kappa shape index (κ3) is 1.68. The van der Waals surface area contributed by atoms with Crippen LogP contribution in [0.15, 0.2) is 11.6 Å². The van der Waals surface area contributed by atoms with Crippen molar-refractivity contribution < 1.29 is 15.0 Å². The second-order valence-corrected chi connectivity index (χ2v) is 6.49. The van der Waals surface area contributed by atoms with Gasteiger partial charge in [-0.15, -0.1) is 0 Å². The van der Waals surface area contributed by atoms with Gasteiger partial charge in [-0.25, -0.2) is 0 Å². The smallest absolute Gasteiger partial charge is 0.155 e. The van der Waals surface area contributed by atoms with Crippen LogP contribution in [0.4, 0.5) is 0 Å². The molecule has 5 atom stereocenters. The van der Waals surface area contributed by atoms with Gasteiger partial charge in [0.1, 0.15) is 0 Å². The second-order valence-electron chi connectivity index (χ2n) is 6.49. The second kappa shape index (κ2) is 4.17. The van der Waals surface area contributed by atoms with Gasteiger partial charge in [0.15, 0.2) is 5.78 Å². The number of aliphatic hydroxyl groups excluding tert-OH is 2. The van der Waals surface area contributed by atoms with E-state index in [1.807, 2.05) is 6.08 Å². The minimum atomic E-state index is -0.319. The monoisotopic (exact) mass is 250 g/mol. The Morgan fingerprint density at radius 3 is 2.67 bits per heavy atom. The summed E-state index contributed by atoms with van der Waals surface area (Å²) >= 11 is 0. The number of fused-ring (bicyclic) bond motifs is 3. The molecule has 18 heavy (non-hydrogen) atoms. The van der Waals surface area contributed by atoms with Crippen LogP contribution in [0.25, 0.3) is 0 Å². The van der Waals surface area contributed by atoms with Crippen LogP contribution < -0.4 is 0 Å². The Morgan fingerprint density at radius 2 is 1.89 bits per heavy atom. The molecule has 0 aromatic rings. The molecule has 0 unspecified atom stereocenters. The topological polar surface area (TPSA) is 57.5 Å². The fourth-order valence-corrected chi connectivity index (χ4v) is 4.56. The highest BCUT2D eigenvalue weighted by Crippen LogP contribution is 2.56. The first-order chi connectivity index (χ1) is 8.52. The highest BCUT2D eigenvalue weighted by Gasteiger charge is 2.53. The van der Waals surface area contributed by atoms with E-state index in [1.54, 1.807) is 0 Å². The summed E-state index contributed by atoms with van der Waals surface area (Å²) in [4.78, 5) is 11.6. The zero-order valence-electron chi connectivity index (χ0n) is 10.9. The van der Waals surface area contributed by atoms with Gasteiger partial charge in [0.2, 0.25) is 0 Å². The summed E-state index contributed by atoms with van der Waals surface area (Å²) in [7, 11) is 0. The van der Waals surface area contributed by atoms with Crippen LogP contribution in [0, 0.1) is 17.3 Å². The van der Waals surface area contributed by atoms with Crippen LogP contribution >= 0.6 is 0 Å². The lowest BCUT2D eigenvalue weighted by molar-refractivity contribution is -0.122. The van der Waals surface area contributed by atoms with E-state index >= 15 is 0 Å². The molecule has 3 rings (SSSR count). The number of rotatable bonds is 0. The highest BCUT2D eigenvalue weighted by atomic mass is 16.3. The number of aliphatic hydroxyl groups is 2. The van der Waals surface area contributed by atoms with Crippen molar-refractivity contribution in [2.75, 3.05) is 0 Å². The third-order valence-corrected chi connectivity index (χ3v) is 5.57. The molecule has 0 bridgehead atoms. The lowest BCUT2D eigenvalue weighted by Crippen LogP contribution is -2.53. The van der Waals surface area contributed by atoms with E-state index in [2.05, 4.69) is 6.92 Å². The summed E-state index contributed by atoms with van der Waals surface area (Å²) in [6, 6.07) is 0. The lowest BCUT2D eigenvalue weighted by Gasteiger charge is -2.54. The minimum Gasteiger partial charge on any atom is -0.393 e. The van der Waals surface area contributed by atoms with Crippen LogP contribution in [-0.4, -0.2) is 28.2 Å². The zero-order valence-corrected chi connectivity index (χ0v) is 10.9. The molecule has 3 nitrogen and oxygen atoms in total. The predicted molar refractivity (Wildman–Crippen MR) is 67.9 cm³/mol. The average Bonchev–Trinajstić information content (AvgIpc) is 2.34. The Balaban J connectivity index is 1.99. The van der Waals surface area contributed by atoms with Crippen molar-refractivity contribution in [1.29, 1.82) is 0 Å². The molecule has 0 aromatic carbocycles. The Bertz CT molecular complexity index is 401. The summed E-state index contributed by atoms with van der Waals surface area (Å²) in [6.07, 6.45) is 5.89. The van der Waals surface area contributed by atoms with E-state index in [-0.39, 0.29) is 35.2 Å². The maximum atomic E-state index is 11.6. The Morgan fingerprint density at radius 1 is 1.17 bits per heavy atom. The summed E-state index contributed by atoms with van der Waals surface area (Å²) in [5.74, 6) is 0.574. The average molecular weight is 250 g/mol. The summed E-state index contributed by atoms with van der Waals surface area (Å²) in [5, 5.41) is 20.6. The third-order valence-electron chi connectivity index (χ3n) is 5.57. The van der Waals surface area contributed by atoms with Gasteiger partial charge in [-0.1, -0.05) is 12.5 Å². The molecular weight excluding hydrogens is 228 g/mol. The van der Waals surface area contributed by atoms with Crippen LogP contribution in [0.1, 0.15) is 45.4 Å². The molecule has 0 radical (unpaired) electrons. The minimum absolute atomic E-state index is 0.0718. The fourth-order valence-electron chi connectivity index (χ4n) is 4.56. The van der Waals surface area contributed by atoms with Gasteiger partial charge in [0.05, 0.1) is 12.2 Å². The molecule has 3 aliphatic carbocycles. The zero-order chi connectivity index (χ0) is 12.9. The van der Waals surface area contributed by atoms with E-state index < -0.39 is 0 Å². The molecule has 2 saturated carbocycles. The van der Waals surface area contributed by atoms with Gasteiger partial charge in [0, 0.05) is 6.42 Å². The van der Waals surface area contributed by atoms with Gasteiger partial charge in [-0.2, -0.15) is 0 Å². The quantitative estimate of drug-likeness (QED) is 0.689. The Hall–Kier alpha value is -0.670.